The summed E-state index contributed by atoms with van der Waals surface area (Å²) in [4.78, 5) is 4.07. The lowest BCUT2D eigenvalue weighted by atomic mass is 10.1. The topological polar surface area (TPSA) is 43.8 Å². The average Bonchev–Trinajstić information content (AvgIpc) is 2.72. The number of aryl methyl sites for hydroxylation is 1. The van der Waals surface area contributed by atoms with Crippen LogP contribution in [0.3, 0.4) is 0 Å². The summed E-state index contributed by atoms with van der Waals surface area (Å²) in [5.41, 5.74) is 7.13. The first kappa shape index (κ1) is 9.03. The van der Waals surface area contributed by atoms with Crippen molar-refractivity contribution in [2.24, 2.45) is 5.73 Å². The molecule has 1 saturated carbocycles. The van der Waals surface area contributed by atoms with E-state index in [1.807, 2.05) is 0 Å². The maximum absolute atomic E-state index is 6.03. The van der Waals surface area contributed by atoms with Crippen molar-refractivity contribution in [3.63, 3.8) is 0 Å². The molecular formula is C9H14ClN3. The zero-order valence-electron chi connectivity index (χ0n) is 7.76. The summed E-state index contributed by atoms with van der Waals surface area (Å²) in [6, 6.07) is 0. The highest BCUT2D eigenvalue weighted by Gasteiger charge is 2.39. The molecule has 1 heterocycles. The Labute approximate surface area is 82.9 Å². The number of aromatic nitrogens is 2. The Morgan fingerprint density at radius 1 is 1.69 bits per heavy atom. The van der Waals surface area contributed by atoms with Crippen molar-refractivity contribution in [2.75, 3.05) is 0 Å². The molecule has 1 aliphatic carbocycles. The summed E-state index contributed by atoms with van der Waals surface area (Å²) < 4.78 is 2.06. The van der Waals surface area contributed by atoms with Gasteiger partial charge in [-0.25, -0.2) is 4.98 Å². The predicted octanol–water partition coefficient (Wildman–Crippen LogP) is 1.59. The van der Waals surface area contributed by atoms with Gasteiger partial charge in [0.25, 0.3) is 0 Å². The number of hydrogen-bond donors (Lipinski definition) is 1. The summed E-state index contributed by atoms with van der Waals surface area (Å²) in [7, 11) is 0. The maximum Gasteiger partial charge on any atom is 0.150 e. The third-order valence-corrected chi connectivity index (χ3v) is 2.96. The minimum Gasteiger partial charge on any atom is -0.333 e. The fraction of sp³-hybridized carbons (Fsp3) is 0.667. The van der Waals surface area contributed by atoms with Gasteiger partial charge in [-0.15, -0.1) is 0 Å². The molecule has 0 amide bonds. The normalized spacial score (nSPS) is 19.0. The molecule has 13 heavy (non-hydrogen) atoms. The molecule has 1 fully saturated rings. The van der Waals surface area contributed by atoms with Crippen molar-refractivity contribution in [3.8, 4) is 0 Å². The molecule has 0 atom stereocenters. The van der Waals surface area contributed by atoms with E-state index in [9.17, 15) is 0 Å². The fourth-order valence-electron chi connectivity index (χ4n) is 1.50. The minimum absolute atomic E-state index is 0.0105. The van der Waals surface area contributed by atoms with E-state index in [2.05, 4.69) is 16.5 Å². The molecule has 4 heteroatoms. The van der Waals surface area contributed by atoms with Gasteiger partial charge in [-0.1, -0.05) is 11.6 Å². The van der Waals surface area contributed by atoms with E-state index >= 15 is 0 Å². The Hall–Kier alpha value is -0.540. The summed E-state index contributed by atoms with van der Waals surface area (Å²) in [6.07, 6.45) is 4.86. The predicted molar refractivity (Wildman–Crippen MR) is 52.8 cm³/mol. The third-order valence-electron chi connectivity index (χ3n) is 2.65. The van der Waals surface area contributed by atoms with Crippen LogP contribution in [-0.4, -0.2) is 15.1 Å². The van der Waals surface area contributed by atoms with Crippen molar-refractivity contribution in [1.82, 2.24) is 9.55 Å². The lowest BCUT2D eigenvalue weighted by molar-refractivity contribution is 0.615. The third kappa shape index (κ3) is 1.71. The second-order valence-electron chi connectivity index (χ2n) is 3.81. The number of hydrogen-bond acceptors (Lipinski definition) is 2. The Morgan fingerprint density at radius 3 is 2.92 bits per heavy atom. The first-order valence-corrected chi connectivity index (χ1v) is 5.01. The van der Waals surface area contributed by atoms with Crippen molar-refractivity contribution >= 4 is 11.6 Å². The van der Waals surface area contributed by atoms with E-state index in [0.717, 1.165) is 31.5 Å². The second-order valence-corrected chi connectivity index (χ2v) is 4.17. The van der Waals surface area contributed by atoms with Crippen LogP contribution in [0.4, 0.5) is 0 Å². The van der Waals surface area contributed by atoms with Crippen molar-refractivity contribution in [2.45, 2.75) is 38.3 Å². The summed E-state index contributed by atoms with van der Waals surface area (Å²) in [6.45, 7) is 2.99. The van der Waals surface area contributed by atoms with Crippen LogP contribution in [0.5, 0.6) is 0 Å². The van der Waals surface area contributed by atoms with Crippen LogP contribution in [0.1, 0.15) is 25.5 Å². The Balaban J connectivity index is 2.21. The summed E-state index contributed by atoms with van der Waals surface area (Å²) in [5, 5.41) is 0.610. The van der Waals surface area contributed by atoms with E-state index in [4.69, 9.17) is 17.3 Å². The molecule has 0 bridgehead atoms. The summed E-state index contributed by atoms with van der Waals surface area (Å²) in [5.74, 6) is 0. The van der Waals surface area contributed by atoms with Gasteiger partial charge in [0.1, 0.15) is 5.15 Å². The van der Waals surface area contributed by atoms with E-state index in [-0.39, 0.29) is 5.54 Å². The lowest BCUT2D eigenvalue weighted by Crippen LogP contribution is -2.26. The van der Waals surface area contributed by atoms with Gasteiger partial charge < -0.3 is 10.3 Å². The second kappa shape index (κ2) is 3.00. The lowest BCUT2D eigenvalue weighted by Gasteiger charge is -2.10. The maximum atomic E-state index is 6.03. The number of rotatable bonds is 3. The summed E-state index contributed by atoms with van der Waals surface area (Å²) >= 11 is 5.97. The molecule has 3 nitrogen and oxygen atoms in total. The van der Waals surface area contributed by atoms with Crippen LogP contribution in [0, 0.1) is 0 Å². The fourth-order valence-corrected chi connectivity index (χ4v) is 1.72. The molecule has 1 aromatic heterocycles. The minimum atomic E-state index is 0.0105. The molecule has 2 N–H and O–H groups in total. The van der Waals surface area contributed by atoms with E-state index in [1.165, 1.54) is 0 Å². The highest BCUT2D eigenvalue weighted by atomic mass is 35.5. The number of nitrogens with two attached hydrogens (primary N) is 1. The molecule has 2 rings (SSSR count). The Bertz CT molecular complexity index is 315. The van der Waals surface area contributed by atoms with Gasteiger partial charge in [-0.3, -0.25) is 0 Å². The zero-order chi connectivity index (χ0) is 9.47. The zero-order valence-corrected chi connectivity index (χ0v) is 8.51. The van der Waals surface area contributed by atoms with Gasteiger partial charge in [0.05, 0.1) is 12.0 Å². The molecule has 72 valence electrons. The molecular weight excluding hydrogens is 186 g/mol. The molecule has 0 radical (unpaired) electrons. The Morgan fingerprint density at radius 2 is 2.38 bits per heavy atom. The quantitative estimate of drug-likeness (QED) is 0.804. The molecule has 1 aliphatic rings. The molecule has 0 spiro atoms. The van der Waals surface area contributed by atoms with E-state index < -0.39 is 0 Å². The van der Waals surface area contributed by atoms with Crippen molar-refractivity contribution in [3.05, 3.63) is 17.2 Å². The highest BCUT2D eigenvalue weighted by molar-refractivity contribution is 6.30. The van der Waals surface area contributed by atoms with Crippen LogP contribution < -0.4 is 5.73 Å². The first-order valence-electron chi connectivity index (χ1n) is 4.63. The first-order chi connectivity index (χ1) is 6.14. The monoisotopic (exact) mass is 199 g/mol. The number of halogens is 1. The van der Waals surface area contributed by atoms with Crippen LogP contribution in [0.25, 0.3) is 0 Å². The number of imidazole rings is 1. The molecule has 0 aromatic carbocycles. The standard InChI is InChI=1S/C9H14ClN3/c1-2-13-6-12-8(10)7(13)5-9(11)3-4-9/h6H,2-5,11H2,1H3. The highest BCUT2D eigenvalue weighted by Crippen LogP contribution is 2.36. The molecule has 0 aliphatic heterocycles. The molecule has 1 aromatic rings. The van der Waals surface area contributed by atoms with Gasteiger partial charge in [0.15, 0.2) is 0 Å². The van der Waals surface area contributed by atoms with Crippen LogP contribution in [-0.2, 0) is 13.0 Å². The van der Waals surface area contributed by atoms with Gasteiger partial charge in [0, 0.05) is 18.5 Å². The molecule has 0 saturated heterocycles. The van der Waals surface area contributed by atoms with Gasteiger partial charge >= 0.3 is 0 Å². The van der Waals surface area contributed by atoms with E-state index in [0.29, 0.717) is 5.15 Å². The Kier molecular flexibility index (Phi) is 2.08. The SMILES string of the molecule is CCn1cnc(Cl)c1CC1(N)CC1. The molecule has 0 unspecified atom stereocenters. The average molecular weight is 200 g/mol. The van der Waals surface area contributed by atoms with Crippen molar-refractivity contribution in [1.29, 1.82) is 0 Å². The van der Waals surface area contributed by atoms with Crippen LogP contribution in [0.2, 0.25) is 5.15 Å². The van der Waals surface area contributed by atoms with Gasteiger partial charge in [0.2, 0.25) is 0 Å². The van der Waals surface area contributed by atoms with Crippen LogP contribution in [0.15, 0.2) is 6.33 Å². The van der Waals surface area contributed by atoms with E-state index in [1.54, 1.807) is 6.33 Å². The van der Waals surface area contributed by atoms with Crippen LogP contribution >= 0.6 is 11.6 Å². The smallest absolute Gasteiger partial charge is 0.150 e. The van der Waals surface area contributed by atoms with Gasteiger partial charge in [-0.2, -0.15) is 0 Å². The van der Waals surface area contributed by atoms with Crippen molar-refractivity contribution < 1.29 is 0 Å². The number of nitrogens with zero attached hydrogens (tertiary/aromatic N) is 2. The largest absolute Gasteiger partial charge is 0.333 e. The van der Waals surface area contributed by atoms with Gasteiger partial charge in [-0.05, 0) is 19.8 Å².